The van der Waals surface area contributed by atoms with Crippen LogP contribution in [0.4, 0.5) is 5.69 Å². The number of carbonyl (C=O) groups is 2. The van der Waals surface area contributed by atoms with Gasteiger partial charge < -0.3 is 9.88 Å². The van der Waals surface area contributed by atoms with Gasteiger partial charge in [-0.25, -0.2) is 0 Å². The van der Waals surface area contributed by atoms with Gasteiger partial charge in [-0.05, 0) is 38.1 Å². The summed E-state index contributed by atoms with van der Waals surface area (Å²) in [5.41, 5.74) is 1.81. The van der Waals surface area contributed by atoms with Crippen molar-refractivity contribution in [1.82, 2.24) is 4.57 Å². The number of hydrogen-bond acceptors (Lipinski definition) is 4. The third kappa shape index (κ3) is 2.70. The second kappa shape index (κ2) is 5.42. The molecule has 1 aromatic heterocycles. The molecule has 0 spiro atoms. The molecule has 0 aliphatic rings. The van der Waals surface area contributed by atoms with Gasteiger partial charge in [-0.3, -0.25) is 14.4 Å². The summed E-state index contributed by atoms with van der Waals surface area (Å²) in [6.45, 7) is 3.21. The number of Topliss-reactive ketones (excluding diaryl/α,β-unsaturated/α-hetero) is 1. The Labute approximate surface area is 119 Å². The lowest BCUT2D eigenvalue weighted by Crippen LogP contribution is -2.13. The highest BCUT2D eigenvalue weighted by molar-refractivity contribution is 7.11. The fourth-order valence-corrected chi connectivity index (χ4v) is 2.58. The van der Waals surface area contributed by atoms with Crippen LogP contribution in [0.2, 0.25) is 0 Å². The van der Waals surface area contributed by atoms with E-state index in [4.69, 9.17) is 0 Å². The maximum atomic E-state index is 12.1. The van der Waals surface area contributed by atoms with Gasteiger partial charge in [0.1, 0.15) is 4.88 Å². The van der Waals surface area contributed by atoms with Gasteiger partial charge in [-0.15, -0.1) is 0 Å². The first-order chi connectivity index (χ1) is 9.40. The van der Waals surface area contributed by atoms with E-state index in [0.717, 1.165) is 11.3 Å². The molecule has 0 saturated heterocycles. The van der Waals surface area contributed by atoms with Crippen LogP contribution in [0, 0.1) is 6.92 Å². The number of carbonyl (C=O) groups excluding carboxylic acids is 2. The first-order valence-electron chi connectivity index (χ1n) is 5.99. The molecule has 0 saturated carbocycles. The van der Waals surface area contributed by atoms with Crippen molar-refractivity contribution in [2.45, 2.75) is 13.8 Å². The SMILES string of the molecule is CC(=O)c1ccc(NC(=O)c2sc(=O)n(C)c2C)cc1. The summed E-state index contributed by atoms with van der Waals surface area (Å²) in [5, 5.41) is 2.71. The normalized spacial score (nSPS) is 10.3. The van der Waals surface area contributed by atoms with Gasteiger partial charge in [0.15, 0.2) is 5.78 Å². The Morgan fingerprint density at radius 3 is 2.25 bits per heavy atom. The first kappa shape index (κ1) is 14.2. The first-order valence-corrected chi connectivity index (χ1v) is 6.80. The van der Waals surface area contributed by atoms with Crippen molar-refractivity contribution >= 4 is 28.7 Å². The van der Waals surface area contributed by atoms with E-state index in [-0.39, 0.29) is 16.6 Å². The second-order valence-corrected chi connectivity index (χ2v) is 5.39. The largest absolute Gasteiger partial charge is 0.321 e. The molecule has 0 atom stereocenters. The Hall–Kier alpha value is -2.21. The molecule has 0 aliphatic carbocycles. The van der Waals surface area contributed by atoms with Crippen LogP contribution in [0.15, 0.2) is 29.1 Å². The van der Waals surface area contributed by atoms with Crippen LogP contribution in [0.25, 0.3) is 0 Å². The van der Waals surface area contributed by atoms with Crippen molar-refractivity contribution in [2.75, 3.05) is 5.32 Å². The van der Waals surface area contributed by atoms with E-state index in [1.54, 1.807) is 38.2 Å². The van der Waals surface area contributed by atoms with Crippen molar-refractivity contribution in [3.05, 3.63) is 50.1 Å². The summed E-state index contributed by atoms with van der Waals surface area (Å²) in [4.78, 5) is 35.0. The Balaban J connectivity index is 2.21. The fraction of sp³-hybridized carbons (Fsp3) is 0.214. The van der Waals surface area contributed by atoms with Crippen LogP contribution in [-0.4, -0.2) is 16.3 Å². The lowest BCUT2D eigenvalue weighted by molar-refractivity contribution is 0.101. The number of thiazole rings is 1. The van der Waals surface area contributed by atoms with Crippen LogP contribution in [0.5, 0.6) is 0 Å². The van der Waals surface area contributed by atoms with Crippen LogP contribution in [0.3, 0.4) is 0 Å². The molecule has 104 valence electrons. The van der Waals surface area contributed by atoms with E-state index < -0.39 is 0 Å². The minimum Gasteiger partial charge on any atom is -0.321 e. The average molecular weight is 290 g/mol. The molecule has 1 heterocycles. The number of ketones is 1. The lowest BCUT2D eigenvalue weighted by atomic mass is 10.1. The van der Waals surface area contributed by atoms with Crippen molar-refractivity contribution in [3.8, 4) is 0 Å². The maximum Gasteiger partial charge on any atom is 0.307 e. The highest BCUT2D eigenvalue weighted by Gasteiger charge is 2.15. The zero-order valence-electron chi connectivity index (χ0n) is 11.4. The molecule has 0 radical (unpaired) electrons. The molecule has 5 nitrogen and oxygen atoms in total. The third-order valence-electron chi connectivity index (χ3n) is 3.05. The molecule has 0 bridgehead atoms. The summed E-state index contributed by atoms with van der Waals surface area (Å²) < 4.78 is 1.44. The molecule has 2 aromatic rings. The Bertz CT molecular complexity index is 726. The monoisotopic (exact) mass is 290 g/mol. The van der Waals surface area contributed by atoms with Gasteiger partial charge in [0.05, 0.1) is 0 Å². The summed E-state index contributed by atoms with van der Waals surface area (Å²) in [6, 6.07) is 6.63. The predicted molar refractivity (Wildman–Crippen MR) is 78.7 cm³/mol. The Kier molecular flexibility index (Phi) is 3.85. The standard InChI is InChI=1S/C14H14N2O3S/c1-8-12(20-14(19)16(8)3)13(18)15-11-6-4-10(5-7-11)9(2)17/h4-7H,1-3H3,(H,15,18). The molecule has 0 fully saturated rings. The van der Waals surface area contributed by atoms with Crippen molar-refractivity contribution < 1.29 is 9.59 Å². The number of rotatable bonds is 3. The number of nitrogens with zero attached hydrogens (tertiary/aromatic N) is 1. The Morgan fingerprint density at radius 1 is 1.20 bits per heavy atom. The van der Waals surface area contributed by atoms with Gasteiger partial charge in [-0.2, -0.15) is 0 Å². The average Bonchev–Trinajstić information content (AvgIpc) is 2.67. The minimum atomic E-state index is -0.319. The van der Waals surface area contributed by atoms with Gasteiger partial charge in [-0.1, -0.05) is 11.3 Å². The molecule has 6 heteroatoms. The lowest BCUT2D eigenvalue weighted by Gasteiger charge is -2.05. The second-order valence-electron chi connectivity index (χ2n) is 4.43. The summed E-state index contributed by atoms with van der Waals surface area (Å²) in [5.74, 6) is -0.347. The van der Waals surface area contributed by atoms with Crippen LogP contribution in [-0.2, 0) is 7.05 Å². The molecular weight excluding hydrogens is 276 g/mol. The van der Waals surface area contributed by atoms with E-state index in [9.17, 15) is 14.4 Å². The molecular formula is C14H14N2O3S. The van der Waals surface area contributed by atoms with Crippen LogP contribution >= 0.6 is 11.3 Å². The number of hydrogen-bond donors (Lipinski definition) is 1. The Morgan fingerprint density at radius 2 is 1.80 bits per heavy atom. The zero-order chi connectivity index (χ0) is 14.9. The molecule has 2 rings (SSSR count). The van der Waals surface area contributed by atoms with Gasteiger partial charge >= 0.3 is 4.87 Å². The topological polar surface area (TPSA) is 68.2 Å². The van der Waals surface area contributed by atoms with Crippen molar-refractivity contribution in [3.63, 3.8) is 0 Å². The summed E-state index contributed by atoms with van der Waals surface area (Å²) >= 11 is 0.918. The molecule has 1 N–H and O–H groups in total. The highest BCUT2D eigenvalue weighted by Crippen LogP contribution is 2.15. The predicted octanol–water partition coefficient (Wildman–Crippen LogP) is 2.21. The van der Waals surface area contributed by atoms with E-state index in [1.807, 2.05) is 0 Å². The van der Waals surface area contributed by atoms with E-state index in [1.165, 1.54) is 11.5 Å². The number of benzene rings is 1. The summed E-state index contributed by atoms with van der Waals surface area (Å²) in [6.07, 6.45) is 0. The van der Waals surface area contributed by atoms with E-state index in [0.29, 0.717) is 21.8 Å². The number of amides is 1. The van der Waals surface area contributed by atoms with E-state index in [2.05, 4.69) is 5.32 Å². The third-order valence-corrected chi connectivity index (χ3v) is 4.18. The van der Waals surface area contributed by atoms with Gasteiger partial charge in [0.25, 0.3) is 5.91 Å². The van der Waals surface area contributed by atoms with Crippen LogP contribution in [0.1, 0.15) is 32.6 Å². The highest BCUT2D eigenvalue weighted by atomic mass is 32.1. The van der Waals surface area contributed by atoms with Gasteiger partial charge in [0, 0.05) is 24.0 Å². The zero-order valence-corrected chi connectivity index (χ0v) is 12.2. The van der Waals surface area contributed by atoms with E-state index >= 15 is 0 Å². The molecule has 1 amide bonds. The molecule has 20 heavy (non-hydrogen) atoms. The van der Waals surface area contributed by atoms with Crippen LogP contribution < -0.4 is 10.2 Å². The van der Waals surface area contributed by atoms with Gasteiger partial charge in [0.2, 0.25) is 0 Å². The maximum absolute atomic E-state index is 12.1. The number of nitrogens with one attached hydrogen (secondary N) is 1. The summed E-state index contributed by atoms with van der Waals surface area (Å²) in [7, 11) is 1.63. The molecule has 0 aliphatic heterocycles. The fourth-order valence-electron chi connectivity index (χ4n) is 1.71. The van der Waals surface area contributed by atoms with Crippen molar-refractivity contribution in [1.29, 1.82) is 0 Å². The molecule has 0 unspecified atom stereocenters. The minimum absolute atomic E-state index is 0.0278. The smallest absolute Gasteiger partial charge is 0.307 e. The quantitative estimate of drug-likeness (QED) is 0.881. The number of aromatic nitrogens is 1. The number of anilines is 1. The van der Waals surface area contributed by atoms with Crippen molar-refractivity contribution in [2.24, 2.45) is 7.05 Å². The molecule has 1 aromatic carbocycles.